The molecule has 0 aliphatic carbocycles. The Morgan fingerprint density at radius 3 is 1.86 bits per heavy atom. The summed E-state index contributed by atoms with van der Waals surface area (Å²) in [5, 5.41) is 34.6. The highest BCUT2D eigenvalue weighted by Crippen LogP contribution is 2.35. The molecule has 0 aromatic rings. The maximum Gasteiger partial charge on any atom is 0.407 e. The normalized spacial score (nSPS) is 18.6. The van der Waals surface area contributed by atoms with Crippen molar-refractivity contribution in [3.05, 3.63) is 11.1 Å². The molecule has 0 rings (SSSR count). The van der Waals surface area contributed by atoms with Crippen LogP contribution in [0.1, 0.15) is 95.9 Å². The zero-order valence-electron chi connectivity index (χ0n) is 23.9. The van der Waals surface area contributed by atoms with E-state index in [1.807, 2.05) is 55.4 Å². The van der Waals surface area contributed by atoms with Crippen molar-refractivity contribution >= 4 is 12.1 Å². The van der Waals surface area contributed by atoms with E-state index in [0.717, 1.165) is 11.1 Å². The lowest BCUT2D eigenvalue weighted by molar-refractivity contribution is -0.158. The molecule has 6 atom stereocenters. The number of nitrogens with one attached hydrogen (secondary N) is 1. The van der Waals surface area contributed by atoms with Gasteiger partial charge < -0.3 is 30.1 Å². The van der Waals surface area contributed by atoms with Crippen molar-refractivity contribution in [2.45, 2.75) is 132 Å². The van der Waals surface area contributed by atoms with E-state index in [0.29, 0.717) is 12.8 Å². The Kier molecular flexibility index (Phi) is 13.0. The lowest BCUT2D eigenvalue weighted by atomic mass is 9.72. The maximum atomic E-state index is 12.8. The van der Waals surface area contributed by atoms with Gasteiger partial charge in [0.25, 0.3) is 0 Å². The molecule has 0 aliphatic heterocycles. The molecule has 0 saturated carbocycles. The largest absolute Gasteiger partial charge is 0.456 e. The van der Waals surface area contributed by atoms with Gasteiger partial charge in [-0.3, -0.25) is 0 Å². The molecule has 8 heteroatoms. The van der Waals surface area contributed by atoms with Crippen LogP contribution < -0.4 is 5.32 Å². The molecule has 35 heavy (non-hydrogen) atoms. The molecule has 0 fully saturated rings. The van der Waals surface area contributed by atoms with E-state index in [1.165, 1.54) is 0 Å². The smallest absolute Gasteiger partial charge is 0.407 e. The molecule has 0 aromatic carbocycles. The van der Waals surface area contributed by atoms with Crippen LogP contribution in [0.5, 0.6) is 0 Å². The van der Waals surface area contributed by atoms with Crippen LogP contribution in [0.15, 0.2) is 11.1 Å². The first-order chi connectivity index (χ1) is 15.8. The molecule has 0 saturated heterocycles. The molecule has 0 aliphatic rings. The van der Waals surface area contributed by atoms with Gasteiger partial charge in [-0.1, -0.05) is 47.1 Å². The molecule has 0 bridgehead atoms. The molecular formula is C27H51NO7. The minimum Gasteiger partial charge on any atom is -0.456 e. The van der Waals surface area contributed by atoms with Crippen LogP contribution in [-0.2, 0) is 14.3 Å². The van der Waals surface area contributed by atoms with E-state index in [2.05, 4.69) is 5.32 Å². The van der Waals surface area contributed by atoms with E-state index in [-0.39, 0.29) is 11.8 Å². The fourth-order valence-corrected chi connectivity index (χ4v) is 4.01. The lowest BCUT2D eigenvalue weighted by Gasteiger charge is -2.39. The average molecular weight is 502 g/mol. The molecule has 0 spiro atoms. The topological polar surface area (TPSA) is 125 Å². The monoisotopic (exact) mass is 501 g/mol. The van der Waals surface area contributed by atoms with Gasteiger partial charge in [-0.2, -0.15) is 0 Å². The summed E-state index contributed by atoms with van der Waals surface area (Å²) in [6, 6.07) is -0.869. The van der Waals surface area contributed by atoms with E-state index < -0.39 is 53.5 Å². The lowest BCUT2D eigenvalue weighted by Crippen LogP contribution is -2.50. The second-order valence-electron chi connectivity index (χ2n) is 11.8. The minimum absolute atomic E-state index is 0.0999. The number of hydrogen-bond donors (Lipinski definition) is 4. The number of carbonyl (C=O) groups is 2. The molecule has 2 unspecified atom stereocenters. The quantitative estimate of drug-likeness (QED) is 0.231. The molecule has 206 valence electrons. The Balaban J connectivity index is 5.52. The van der Waals surface area contributed by atoms with Crippen molar-refractivity contribution in [1.82, 2.24) is 5.32 Å². The summed E-state index contributed by atoms with van der Waals surface area (Å²) in [6.45, 7) is 21.8. The second kappa shape index (κ2) is 13.6. The van der Waals surface area contributed by atoms with Crippen molar-refractivity contribution < 1.29 is 34.4 Å². The van der Waals surface area contributed by atoms with Gasteiger partial charge >= 0.3 is 12.1 Å². The summed E-state index contributed by atoms with van der Waals surface area (Å²) in [4.78, 5) is 25.0. The Morgan fingerprint density at radius 2 is 1.43 bits per heavy atom. The number of carbonyl (C=O) groups excluding carboxylic acids is 2. The number of amides is 1. The Bertz CT molecular complexity index is 724. The highest BCUT2D eigenvalue weighted by atomic mass is 16.6. The molecule has 1 amide bonds. The van der Waals surface area contributed by atoms with Crippen LogP contribution in [0.3, 0.4) is 0 Å². The number of rotatable bonds is 12. The SMILES string of the molecule is CC[C@H](O)C(C)(C)[C@@H](O)C(C)/C(C)=C(\C)[C@H](C)OC(=O)C(O)[C@H](CC(C)C)NC(=O)OC(C)(C)C. The third-order valence-electron chi connectivity index (χ3n) is 6.74. The highest BCUT2D eigenvalue weighted by Gasteiger charge is 2.39. The van der Waals surface area contributed by atoms with Gasteiger partial charge in [-0.15, -0.1) is 0 Å². The summed E-state index contributed by atoms with van der Waals surface area (Å²) >= 11 is 0. The van der Waals surface area contributed by atoms with Crippen LogP contribution in [0.4, 0.5) is 4.79 Å². The Hall–Kier alpha value is -1.64. The van der Waals surface area contributed by atoms with E-state index >= 15 is 0 Å². The number of aliphatic hydroxyl groups is 3. The average Bonchev–Trinajstić information content (AvgIpc) is 2.73. The number of aliphatic hydroxyl groups excluding tert-OH is 3. The molecule has 0 heterocycles. The van der Waals surface area contributed by atoms with Gasteiger partial charge in [0, 0.05) is 11.3 Å². The van der Waals surface area contributed by atoms with Crippen LogP contribution in [0, 0.1) is 17.3 Å². The first kappa shape index (κ1) is 33.4. The fraction of sp³-hybridized carbons (Fsp3) is 0.852. The van der Waals surface area contributed by atoms with Crippen LogP contribution >= 0.6 is 0 Å². The van der Waals surface area contributed by atoms with Crippen molar-refractivity contribution in [3.63, 3.8) is 0 Å². The van der Waals surface area contributed by atoms with E-state index in [4.69, 9.17) is 9.47 Å². The summed E-state index contributed by atoms with van der Waals surface area (Å²) in [5.74, 6) is -1.04. The first-order valence-electron chi connectivity index (χ1n) is 12.7. The fourth-order valence-electron chi connectivity index (χ4n) is 4.01. The minimum atomic E-state index is -1.57. The number of alkyl carbamates (subject to hydrolysis) is 1. The van der Waals surface area contributed by atoms with Gasteiger partial charge in [0.05, 0.1) is 18.2 Å². The van der Waals surface area contributed by atoms with E-state index in [9.17, 15) is 24.9 Å². The van der Waals surface area contributed by atoms with Crippen molar-refractivity contribution in [3.8, 4) is 0 Å². The number of hydrogen-bond acceptors (Lipinski definition) is 7. The molecule has 4 N–H and O–H groups in total. The Morgan fingerprint density at radius 1 is 0.914 bits per heavy atom. The predicted octanol–water partition coefficient (Wildman–Crippen LogP) is 4.35. The molecule has 8 nitrogen and oxygen atoms in total. The second-order valence-corrected chi connectivity index (χ2v) is 11.8. The summed E-state index contributed by atoms with van der Waals surface area (Å²) in [6.07, 6.45) is -3.53. The van der Waals surface area contributed by atoms with Crippen LogP contribution in [0.2, 0.25) is 0 Å². The van der Waals surface area contributed by atoms with Gasteiger partial charge in [-0.05, 0) is 65.9 Å². The van der Waals surface area contributed by atoms with Gasteiger partial charge in [0.1, 0.15) is 11.7 Å². The number of esters is 1. The summed E-state index contributed by atoms with van der Waals surface area (Å²) < 4.78 is 10.8. The van der Waals surface area contributed by atoms with Crippen molar-refractivity contribution in [1.29, 1.82) is 0 Å². The van der Waals surface area contributed by atoms with Crippen molar-refractivity contribution in [2.75, 3.05) is 0 Å². The maximum absolute atomic E-state index is 12.8. The van der Waals surface area contributed by atoms with E-state index in [1.54, 1.807) is 27.7 Å². The molecule has 0 aromatic heterocycles. The van der Waals surface area contributed by atoms with Gasteiger partial charge in [0.2, 0.25) is 0 Å². The zero-order chi connectivity index (χ0) is 27.9. The molecular weight excluding hydrogens is 450 g/mol. The Labute approximate surface area is 212 Å². The molecule has 0 radical (unpaired) electrons. The zero-order valence-corrected chi connectivity index (χ0v) is 23.9. The third-order valence-corrected chi connectivity index (χ3v) is 6.74. The standard InChI is InChI=1S/C27H51NO7/c1-13-21(29)27(11,12)23(31)18(6)16(4)17(5)19(7)34-24(32)22(30)20(14-15(2)3)28-25(33)35-26(8,9)10/h15,18-23,29-31H,13-14H2,1-12H3,(H,28,33)/b17-16+/t18?,19-,20-,21-,22?,23-/m0/s1. The summed E-state index contributed by atoms with van der Waals surface area (Å²) in [7, 11) is 0. The predicted molar refractivity (Wildman–Crippen MR) is 138 cm³/mol. The number of ether oxygens (including phenoxy) is 2. The highest BCUT2D eigenvalue weighted by molar-refractivity contribution is 5.77. The van der Waals surface area contributed by atoms with Crippen LogP contribution in [-0.4, -0.2) is 63.4 Å². The van der Waals surface area contributed by atoms with Gasteiger partial charge in [-0.25, -0.2) is 9.59 Å². The van der Waals surface area contributed by atoms with Crippen LogP contribution in [0.25, 0.3) is 0 Å². The third kappa shape index (κ3) is 10.5. The first-order valence-corrected chi connectivity index (χ1v) is 12.7. The summed E-state index contributed by atoms with van der Waals surface area (Å²) in [5.41, 5.74) is 0.159. The van der Waals surface area contributed by atoms with Crippen molar-refractivity contribution in [2.24, 2.45) is 17.3 Å². The van der Waals surface area contributed by atoms with Gasteiger partial charge in [0.15, 0.2) is 6.10 Å².